The van der Waals surface area contributed by atoms with Crippen LogP contribution in [0.1, 0.15) is 47.2 Å². The third kappa shape index (κ3) is 8.86. The molecular weight excluding hydrogens is 640 g/mol. The Kier molecular flexibility index (Phi) is 12.1. The van der Waals surface area contributed by atoms with Gasteiger partial charge < -0.3 is 32.5 Å². The minimum atomic E-state index is -0.569. The Bertz CT molecular complexity index is 2130. The van der Waals surface area contributed by atoms with E-state index in [4.69, 9.17) is 21.8 Å². The van der Waals surface area contributed by atoms with E-state index in [0.717, 1.165) is 64.8 Å². The standard InChI is InChI=1S/C19H18N4O.C18H17N3.CHNO.K/c20-19(24)21-14-7-9-16-13(11-14)6-10-18(22-16)23-17-8-5-12-3-1-2-4-15(12)17;19-14-7-9-16-13(11-14)6-10-18(20-16)21-17-8-5-12-3-1-2-4-15(12)17;2-1-3;/h1-4,6-7,9-11,17H,5,8H2,(H,22,23)(H3,20,21,24);1-4,6-7,9-11,17H,5,8,19H2,(H,20,21);3H;/q;;;+1/p-1/t2*17-;;/m11../s1. The summed E-state index contributed by atoms with van der Waals surface area (Å²) in [6.07, 6.45) is 4.95. The van der Waals surface area contributed by atoms with Crippen molar-refractivity contribution in [2.75, 3.05) is 21.7 Å². The van der Waals surface area contributed by atoms with Gasteiger partial charge in [-0.1, -0.05) is 48.5 Å². The molecule has 6 aromatic rings. The van der Waals surface area contributed by atoms with Gasteiger partial charge in [-0.25, -0.2) is 20.0 Å². The molecule has 2 amide bonds. The number of hydrogen-bond donors (Lipinski definition) is 5. The number of aryl methyl sites for hydroxylation is 2. The second-order valence-corrected chi connectivity index (χ2v) is 11.7. The van der Waals surface area contributed by atoms with Crippen LogP contribution >= 0.6 is 0 Å². The first-order valence-corrected chi connectivity index (χ1v) is 15.7. The Morgan fingerprint density at radius 2 is 1.22 bits per heavy atom. The molecule has 0 spiro atoms. The number of benzene rings is 4. The van der Waals surface area contributed by atoms with Crippen molar-refractivity contribution in [3.05, 3.63) is 131 Å². The molecule has 2 atom stereocenters. The maximum absolute atomic E-state index is 10.9. The monoisotopic (exact) mass is 674 g/mol. The van der Waals surface area contributed by atoms with Crippen LogP contribution in [0.15, 0.2) is 109 Å². The molecule has 10 nitrogen and oxygen atoms in total. The van der Waals surface area contributed by atoms with Gasteiger partial charge in [-0.3, -0.25) is 0 Å². The Balaban J connectivity index is 0.000000175. The molecule has 2 aliphatic carbocycles. The Morgan fingerprint density at radius 3 is 1.76 bits per heavy atom. The summed E-state index contributed by atoms with van der Waals surface area (Å²) in [4.78, 5) is 20.3. The minimum Gasteiger partial charge on any atom is -0.812 e. The van der Waals surface area contributed by atoms with E-state index < -0.39 is 6.03 Å². The minimum absolute atomic E-state index is 0. The number of anilines is 4. The van der Waals surface area contributed by atoms with E-state index in [2.05, 4.69) is 80.5 Å². The maximum atomic E-state index is 10.9. The van der Waals surface area contributed by atoms with Crippen molar-refractivity contribution in [3.63, 3.8) is 0 Å². The van der Waals surface area contributed by atoms with Crippen molar-refractivity contribution in [3.8, 4) is 6.26 Å². The number of fused-ring (bicyclic) bond motifs is 4. The largest absolute Gasteiger partial charge is 1.00 e. The number of hydrogen-bond acceptors (Lipinski definition) is 8. The van der Waals surface area contributed by atoms with E-state index in [9.17, 15) is 4.79 Å². The number of aromatic nitrogens is 2. The average Bonchev–Trinajstić information content (AvgIpc) is 3.69. The predicted octanol–water partition coefficient (Wildman–Crippen LogP) is 3.57. The number of pyridine rings is 2. The summed E-state index contributed by atoms with van der Waals surface area (Å²) in [6.45, 7) is 0. The smallest absolute Gasteiger partial charge is 0.812 e. The summed E-state index contributed by atoms with van der Waals surface area (Å²) >= 11 is 0. The number of rotatable bonds is 5. The van der Waals surface area contributed by atoms with Crippen LogP contribution in [0.3, 0.4) is 0 Å². The maximum Gasteiger partial charge on any atom is 1.00 e. The van der Waals surface area contributed by atoms with Crippen LogP contribution in [-0.4, -0.2) is 16.0 Å². The van der Waals surface area contributed by atoms with E-state index in [-0.39, 0.29) is 51.4 Å². The number of amides is 2. The number of carbonyl (C=O) groups is 1. The molecule has 0 unspecified atom stereocenters. The van der Waals surface area contributed by atoms with Gasteiger partial charge in [0.15, 0.2) is 0 Å². The van der Waals surface area contributed by atoms with E-state index in [1.54, 1.807) is 6.07 Å². The summed E-state index contributed by atoms with van der Waals surface area (Å²) in [5, 5.41) is 26.7. The van der Waals surface area contributed by atoms with Crippen LogP contribution in [0.5, 0.6) is 0 Å². The molecule has 7 N–H and O–H groups in total. The van der Waals surface area contributed by atoms with Gasteiger partial charge in [0.05, 0.1) is 23.1 Å². The Morgan fingerprint density at radius 1 is 0.735 bits per heavy atom. The fraction of sp³-hybridized carbons (Fsp3) is 0.158. The fourth-order valence-corrected chi connectivity index (χ4v) is 6.42. The zero-order valence-corrected chi connectivity index (χ0v) is 30.3. The number of nitrogen functional groups attached to an aromatic ring is 1. The van der Waals surface area contributed by atoms with E-state index in [0.29, 0.717) is 24.0 Å². The van der Waals surface area contributed by atoms with Crippen LogP contribution in [0, 0.1) is 11.5 Å². The van der Waals surface area contributed by atoms with Crippen molar-refractivity contribution in [1.82, 2.24) is 9.97 Å². The number of nitrogens with one attached hydrogen (secondary N) is 3. The molecule has 8 rings (SSSR count). The molecule has 0 radical (unpaired) electrons. The summed E-state index contributed by atoms with van der Waals surface area (Å²) in [7, 11) is 0. The van der Waals surface area contributed by atoms with Crippen LogP contribution in [0.25, 0.3) is 21.8 Å². The third-order valence-electron chi connectivity index (χ3n) is 8.58. The number of nitrogens with two attached hydrogens (primary N) is 2. The van der Waals surface area contributed by atoms with Gasteiger partial charge in [-0.15, -0.1) is 0 Å². The summed E-state index contributed by atoms with van der Waals surface area (Å²) in [5.74, 6) is 1.79. The number of carbonyl (C=O) groups excluding carboxylic acids is 1. The normalized spacial score (nSPS) is 15.2. The van der Waals surface area contributed by atoms with E-state index >= 15 is 0 Å². The predicted molar refractivity (Wildman–Crippen MR) is 189 cm³/mol. The van der Waals surface area contributed by atoms with Crippen molar-refractivity contribution in [1.29, 1.82) is 5.26 Å². The molecule has 0 saturated carbocycles. The number of primary amides is 1. The third-order valence-corrected chi connectivity index (χ3v) is 8.58. The first-order valence-electron chi connectivity index (χ1n) is 15.7. The SMILES string of the molecule is N#C[O-].NC(=O)Nc1ccc2nc(N[C@@H]3CCc4ccccc43)ccc2c1.Nc1ccc2nc(N[C@@H]3CCc4ccccc43)ccc2c1.[K+]. The van der Waals surface area contributed by atoms with Crippen molar-refractivity contribution >= 4 is 50.8 Å². The van der Waals surface area contributed by atoms with Crippen molar-refractivity contribution in [2.45, 2.75) is 37.8 Å². The van der Waals surface area contributed by atoms with E-state index in [1.165, 1.54) is 22.3 Å². The van der Waals surface area contributed by atoms with Crippen LogP contribution < -0.4 is 83.9 Å². The summed E-state index contributed by atoms with van der Waals surface area (Å²) < 4.78 is 0. The van der Waals surface area contributed by atoms with Gasteiger partial charge in [-0.05, 0) is 109 Å². The Hall–Kier alpha value is -4.70. The molecule has 4 aromatic carbocycles. The molecule has 2 aromatic heterocycles. The second kappa shape index (κ2) is 16.6. The van der Waals surface area contributed by atoms with Crippen LogP contribution in [0.4, 0.5) is 27.8 Å². The number of urea groups is 1. The zero-order chi connectivity index (χ0) is 33.5. The summed E-state index contributed by atoms with van der Waals surface area (Å²) in [6, 6.07) is 36.7. The summed E-state index contributed by atoms with van der Waals surface area (Å²) in [5.41, 5.74) is 19.9. The van der Waals surface area contributed by atoms with Crippen molar-refractivity contribution < 1.29 is 61.3 Å². The van der Waals surface area contributed by atoms with Gasteiger partial charge in [0.2, 0.25) is 0 Å². The molecular formula is C38H35KN8O2. The number of nitrogens with zero attached hydrogens (tertiary/aromatic N) is 3. The van der Waals surface area contributed by atoms with E-state index in [1.807, 2.05) is 48.5 Å². The molecule has 0 bridgehead atoms. The van der Waals surface area contributed by atoms with Crippen LogP contribution in [0.2, 0.25) is 0 Å². The van der Waals surface area contributed by atoms with Crippen molar-refractivity contribution in [2.24, 2.45) is 5.73 Å². The topological polar surface area (TPSA) is 178 Å². The second-order valence-electron chi connectivity index (χ2n) is 11.7. The zero-order valence-electron chi connectivity index (χ0n) is 27.2. The molecule has 0 saturated heterocycles. The molecule has 49 heavy (non-hydrogen) atoms. The molecule has 2 heterocycles. The van der Waals surface area contributed by atoms with Gasteiger partial charge in [0.25, 0.3) is 0 Å². The van der Waals surface area contributed by atoms with Gasteiger partial charge in [-0.2, -0.15) is 0 Å². The average molecular weight is 675 g/mol. The van der Waals surface area contributed by atoms with Gasteiger partial charge >= 0.3 is 57.4 Å². The fourth-order valence-electron chi connectivity index (χ4n) is 6.42. The molecule has 0 fully saturated rings. The molecule has 2 aliphatic rings. The first kappa shape index (κ1) is 35.6. The molecule has 240 valence electrons. The number of nitriles is 1. The molecule has 11 heteroatoms. The Labute approximate surface area is 327 Å². The quantitative estimate of drug-likeness (QED) is 0.105. The molecule has 0 aliphatic heterocycles. The van der Waals surface area contributed by atoms with Gasteiger partial charge in [0.1, 0.15) is 11.6 Å². The van der Waals surface area contributed by atoms with Gasteiger partial charge in [0, 0.05) is 28.4 Å². The van der Waals surface area contributed by atoms with Crippen LogP contribution in [-0.2, 0) is 12.8 Å². The first-order chi connectivity index (χ1) is 23.4.